The van der Waals surface area contributed by atoms with Gasteiger partial charge in [-0.05, 0) is 66.4 Å². The van der Waals surface area contributed by atoms with Gasteiger partial charge < -0.3 is 19.7 Å². The van der Waals surface area contributed by atoms with E-state index in [-0.39, 0.29) is 41.8 Å². The van der Waals surface area contributed by atoms with Crippen LogP contribution in [0.1, 0.15) is 24.8 Å². The van der Waals surface area contributed by atoms with Gasteiger partial charge in [-0.15, -0.1) is 0 Å². The van der Waals surface area contributed by atoms with Crippen molar-refractivity contribution in [3.05, 3.63) is 72.0 Å². The van der Waals surface area contributed by atoms with Crippen LogP contribution in [0.25, 0.3) is 11.1 Å². The fourth-order valence-corrected chi connectivity index (χ4v) is 6.94. The number of aliphatic carboxylic acids is 1. The number of fused-ring (bicyclic) bond motifs is 1. The summed E-state index contributed by atoms with van der Waals surface area (Å²) < 4.78 is 119. The Balaban J connectivity index is 1.60. The highest BCUT2D eigenvalue weighted by atomic mass is 32.2. The van der Waals surface area contributed by atoms with Crippen LogP contribution in [0.15, 0.2) is 65.6 Å². The van der Waals surface area contributed by atoms with Crippen molar-refractivity contribution in [2.24, 2.45) is 5.41 Å². The van der Waals surface area contributed by atoms with Crippen LogP contribution in [0.2, 0.25) is 0 Å². The Bertz CT molecular complexity index is 1660. The number of anilines is 1. The molecular formula is C28H23F6NO7S. The van der Waals surface area contributed by atoms with Crippen molar-refractivity contribution < 1.29 is 59.2 Å². The van der Waals surface area contributed by atoms with Crippen LogP contribution in [0.4, 0.5) is 32.0 Å². The fraction of sp³-hybridized carbons (Fsp3) is 0.321. The van der Waals surface area contributed by atoms with Crippen molar-refractivity contribution in [1.82, 2.24) is 0 Å². The molecule has 2 aliphatic rings. The normalized spacial score (nSPS) is 22.0. The van der Waals surface area contributed by atoms with Crippen LogP contribution in [0, 0.1) is 11.2 Å². The zero-order valence-corrected chi connectivity index (χ0v) is 22.7. The number of alkyl halides is 5. The summed E-state index contributed by atoms with van der Waals surface area (Å²) in [5.74, 6) is -2.73. The number of aliphatic hydroxyl groups is 1. The van der Waals surface area contributed by atoms with Gasteiger partial charge in [0.15, 0.2) is 0 Å². The minimum Gasteiger partial charge on any atom is -0.486 e. The van der Waals surface area contributed by atoms with Gasteiger partial charge in [0.25, 0.3) is 10.0 Å². The number of benzene rings is 3. The monoisotopic (exact) mass is 631 g/mol. The number of carbonyl (C=O) groups is 1. The van der Waals surface area contributed by atoms with Crippen molar-refractivity contribution >= 4 is 21.7 Å². The quantitative estimate of drug-likeness (QED) is 0.308. The maximum Gasteiger partial charge on any atom is 0.416 e. The van der Waals surface area contributed by atoms with E-state index in [1.807, 2.05) is 0 Å². The molecular weight excluding hydrogens is 608 g/mol. The number of rotatable bonds is 8. The molecule has 0 amide bonds. The zero-order chi connectivity index (χ0) is 31.3. The molecule has 5 rings (SSSR count). The Morgan fingerprint density at radius 2 is 1.79 bits per heavy atom. The molecule has 1 fully saturated rings. The predicted molar refractivity (Wildman–Crippen MR) is 139 cm³/mol. The summed E-state index contributed by atoms with van der Waals surface area (Å²) in [4.78, 5) is 11.3. The standard InChI is InChI=1S/C28H23F6NO7S/c29-18-6-16(7-20(10-18)42-26(30)31)15-4-5-24-23(8-15)35(14-21(41-24)13-27(25(37)38)11-19(36)12-27)43(39,40)22-3-1-2-17(9-22)28(32,33)34/h1-10,19,21,26,36H,11-14H2,(H,37,38)/t19-,21-,27-/m0/s1. The number of aliphatic hydroxyl groups excluding tert-OH is 1. The first-order chi connectivity index (χ1) is 20.1. The molecule has 0 unspecified atom stereocenters. The van der Waals surface area contributed by atoms with Crippen molar-refractivity contribution in [1.29, 1.82) is 0 Å². The van der Waals surface area contributed by atoms with E-state index in [2.05, 4.69) is 4.74 Å². The van der Waals surface area contributed by atoms with Crippen LogP contribution >= 0.6 is 0 Å². The lowest BCUT2D eigenvalue weighted by molar-refractivity contribution is -0.166. The van der Waals surface area contributed by atoms with Crippen LogP contribution in [0.3, 0.4) is 0 Å². The summed E-state index contributed by atoms with van der Waals surface area (Å²) >= 11 is 0. The molecule has 8 nitrogen and oxygen atoms in total. The van der Waals surface area contributed by atoms with Crippen LogP contribution in [0.5, 0.6) is 11.5 Å². The number of ether oxygens (including phenoxy) is 2. The van der Waals surface area contributed by atoms with Crippen LogP contribution in [-0.4, -0.2) is 50.0 Å². The second-order valence-electron chi connectivity index (χ2n) is 10.4. The van der Waals surface area contributed by atoms with Crippen molar-refractivity contribution in [2.75, 3.05) is 10.8 Å². The Kier molecular flexibility index (Phi) is 7.75. The van der Waals surface area contributed by atoms with E-state index in [0.717, 1.165) is 34.6 Å². The Hall–Kier alpha value is -3.98. The molecule has 0 saturated heterocycles. The first-order valence-corrected chi connectivity index (χ1v) is 14.2. The summed E-state index contributed by atoms with van der Waals surface area (Å²) in [5, 5.41) is 19.6. The summed E-state index contributed by atoms with van der Waals surface area (Å²) in [7, 11) is -4.74. The third kappa shape index (κ3) is 6.09. The Morgan fingerprint density at radius 1 is 1.07 bits per heavy atom. The van der Waals surface area contributed by atoms with Crippen molar-refractivity contribution in [2.45, 2.75) is 49.2 Å². The number of carboxylic acid groups (broad SMARTS) is 1. The largest absolute Gasteiger partial charge is 0.486 e. The highest BCUT2D eigenvalue weighted by Gasteiger charge is 2.52. The molecule has 15 heteroatoms. The third-order valence-corrected chi connectivity index (χ3v) is 9.17. The second kappa shape index (κ2) is 10.9. The zero-order valence-electron chi connectivity index (χ0n) is 21.9. The molecule has 1 saturated carbocycles. The number of sulfonamides is 1. The summed E-state index contributed by atoms with van der Waals surface area (Å²) in [6.45, 7) is -3.76. The first kappa shape index (κ1) is 30.5. The Labute approximate surface area is 241 Å². The lowest BCUT2D eigenvalue weighted by atomic mass is 9.63. The molecule has 230 valence electrons. The van der Waals surface area contributed by atoms with E-state index in [1.54, 1.807) is 0 Å². The van der Waals surface area contributed by atoms with Crippen molar-refractivity contribution in [3.8, 4) is 22.6 Å². The third-order valence-electron chi connectivity index (χ3n) is 7.39. The number of hydrogen-bond acceptors (Lipinski definition) is 6. The Morgan fingerprint density at radius 3 is 2.42 bits per heavy atom. The molecule has 0 aromatic heterocycles. The molecule has 0 radical (unpaired) electrons. The van der Waals surface area contributed by atoms with Gasteiger partial charge in [0.1, 0.15) is 23.4 Å². The predicted octanol–water partition coefficient (Wildman–Crippen LogP) is 5.69. The molecule has 3 aromatic rings. The second-order valence-corrected chi connectivity index (χ2v) is 12.3. The van der Waals surface area contributed by atoms with E-state index in [9.17, 15) is 49.8 Å². The molecule has 0 bridgehead atoms. The number of nitrogens with zero attached hydrogens (tertiary/aromatic N) is 1. The molecule has 0 spiro atoms. The van der Waals surface area contributed by atoms with E-state index in [1.165, 1.54) is 18.2 Å². The van der Waals surface area contributed by atoms with Gasteiger partial charge in [-0.25, -0.2) is 12.8 Å². The number of hydrogen-bond donors (Lipinski definition) is 2. The average molecular weight is 632 g/mol. The van der Waals surface area contributed by atoms with Gasteiger partial charge in [-0.1, -0.05) is 12.1 Å². The van der Waals surface area contributed by atoms with Crippen LogP contribution in [-0.2, 0) is 21.0 Å². The van der Waals surface area contributed by atoms with Gasteiger partial charge in [0.2, 0.25) is 0 Å². The maximum absolute atomic E-state index is 14.3. The minimum atomic E-state index is -4.85. The van der Waals surface area contributed by atoms with E-state index in [4.69, 9.17) is 4.74 Å². The highest BCUT2D eigenvalue weighted by molar-refractivity contribution is 7.92. The van der Waals surface area contributed by atoms with Gasteiger partial charge in [0.05, 0.1) is 34.2 Å². The van der Waals surface area contributed by atoms with E-state index in [0.29, 0.717) is 12.1 Å². The van der Waals surface area contributed by atoms with Gasteiger partial charge >= 0.3 is 18.8 Å². The van der Waals surface area contributed by atoms with Crippen LogP contribution < -0.4 is 13.8 Å². The molecule has 3 aromatic carbocycles. The minimum absolute atomic E-state index is 0.0188. The maximum atomic E-state index is 14.3. The molecule has 2 N–H and O–H groups in total. The molecule has 43 heavy (non-hydrogen) atoms. The van der Waals surface area contributed by atoms with E-state index < -0.39 is 75.0 Å². The summed E-state index contributed by atoms with van der Waals surface area (Å²) in [6.07, 6.45) is -7.22. The smallest absolute Gasteiger partial charge is 0.416 e. The highest BCUT2D eigenvalue weighted by Crippen LogP contribution is 2.48. The van der Waals surface area contributed by atoms with Crippen molar-refractivity contribution in [3.63, 3.8) is 0 Å². The SMILES string of the molecule is O=C(O)[C@]1(C[C@H]2CN(S(=O)(=O)c3cccc(C(F)(F)F)c3)c3cc(-c4cc(F)cc(OC(F)F)c4)ccc3O2)C[C@@H](O)C1. The summed E-state index contributed by atoms with van der Waals surface area (Å²) in [5.41, 5.74) is -2.63. The van der Waals surface area contributed by atoms with E-state index >= 15 is 0 Å². The first-order valence-electron chi connectivity index (χ1n) is 12.8. The lowest BCUT2D eigenvalue weighted by Crippen LogP contribution is -2.52. The molecule has 1 atom stereocenters. The van der Waals surface area contributed by atoms with Gasteiger partial charge in [-0.2, -0.15) is 22.0 Å². The number of carboxylic acids is 1. The molecule has 1 aliphatic carbocycles. The number of halogens is 6. The lowest BCUT2D eigenvalue weighted by Gasteiger charge is -2.45. The molecule has 1 aliphatic heterocycles. The summed E-state index contributed by atoms with van der Waals surface area (Å²) in [6, 6.07) is 9.77. The van der Waals surface area contributed by atoms with Gasteiger partial charge in [-0.3, -0.25) is 9.10 Å². The fourth-order valence-electron chi connectivity index (χ4n) is 5.39. The average Bonchev–Trinajstić information content (AvgIpc) is 2.90. The van der Waals surface area contributed by atoms with Gasteiger partial charge in [0, 0.05) is 12.5 Å². The molecule has 1 heterocycles. The topological polar surface area (TPSA) is 113 Å².